The van der Waals surface area contributed by atoms with E-state index in [9.17, 15) is 4.79 Å². The molecule has 20 heavy (non-hydrogen) atoms. The molecule has 0 bridgehead atoms. The van der Waals surface area contributed by atoms with E-state index in [1.807, 2.05) is 18.7 Å². The Morgan fingerprint density at radius 2 is 2.30 bits per heavy atom. The second-order valence-electron chi connectivity index (χ2n) is 6.02. The van der Waals surface area contributed by atoms with Crippen molar-refractivity contribution in [1.82, 2.24) is 20.4 Å². The maximum Gasteiger partial charge on any atom is 0.229 e. The largest absolute Gasteiger partial charge is 0.339 e. The molecule has 1 N–H and O–H groups in total. The van der Waals surface area contributed by atoms with E-state index in [1.165, 1.54) is 0 Å². The normalized spacial score (nSPS) is 26.6. The van der Waals surface area contributed by atoms with Crippen LogP contribution in [0.1, 0.15) is 56.8 Å². The highest BCUT2D eigenvalue weighted by molar-refractivity contribution is 5.80. The van der Waals surface area contributed by atoms with Crippen LogP contribution >= 0.6 is 0 Å². The molecule has 2 aliphatic rings. The SMILES string of the molecule is CC(C)c1nc(C2CCCN2C(=O)C2CCNC2)no1. The van der Waals surface area contributed by atoms with Crippen molar-refractivity contribution in [2.75, 3.05) is 19.6 Å². The molecular formula is C14H22N4O2. The molecule has 0 spiro atoms. The number of hydrogen-bond donors (Lipinski definition) is 1. The molecule has 2 aliphatic heterocycles. The minimum absolute atomic E-state index is 0.000602. The van der Waals surface area contributed by atoms with E-state index in [0.717, 1.165) is 38.9 Å². The number of likely N-dealkylation sites (tertiary alicyclic amines) is 1. The summed E-state index contributed by atoms with van der Waals surface area (Å²) < 4.78 is 5.28. The average molecular weight is 278 g/mol. The lowest BCUT2D eigenvalue weighted by Gasteiger charge is -2.25. The molecule has 6 heteroatoms. The summed E-state index contributed by atoms with van der Waals surface area (Å²) in [6, 6.07) is -0.000602. The zero-order valence-electron chi connectivity index (χ0n) is 12.1. The standard InChI is InChI=1S/C14H22N4O2/c1-9(2)13-16-12(17-20-13)11-4-3-7-18(11)14(19)10-5-6-15-8-10/h9-11,15H,3-8H2,1-2H3. The molecule has 6 nitrogen and oxygen atoms in total. The van der Waals surface area contributed by atoms with Gasteiger partial charge in [-0.05, 0) is 25.8 Å². The zero-order valence-corrected chi connectivity index (χ0v) is 12.1. The second kappa shape index (κ2) is 5.52. The Kier molecular flexibility index (Phi) is 3.74. The van der Waals surface area contributed by atoms with Crippen molar-refractivity contribution in [3.8, 4) is 0 Å². The summed E-state index contributed by atoms with van der Waals surface area (Å²) in [6.45, 7) is 6.60. The molecule has 2 fully saturated rings. The lowest BCUT2D eigenvalue weighted by molar-refractivity contribution is -0.136. The maximum absolute atomic E-state index is 12.6. The molecule has 2 unspecified atom stereocenters. The summed E-state index contributed by atoms with van der Waals surface area (Å²) in [5, 5.41) is 7.34. The topological polar surface area (TPSA) is 71.3 Å². The van der Waals surface area contributed by atoms with Crippen LogP contribution < -0.4 is 5.32 Å². The van der Waals surface area contributed by atoms with Gasteiger partial charge in [0.1, 0.15) is 0 Å². The molecule has 3 rings (SSSR count). The number of hydrogen-bond acceptors (Lipinski definition) is 5. The van der Waals surface area contributed by atoms with Crippen LogP contribution in [0, 0.1) is 5.92 Å². The maximum atomic E-state index is 12.6. The second-order valence-corrected chi connectivity index (χ2v) is 6.02. The highest BCUT2D eigenvalue weighted by Gasteiger charge is 2.37. The Balaban J connectivity index is 1.75. The summed E-state index contributed by atoms with van der Waals surface area (Å²) in [7, 11) is 0. The monoisotopic (exact) mass is 278 g/mol. The van der Waals surface area contributed by atoms with Crippen LogP contribution in [-0.4, -0.2) is 40.6 Å². The fourth-order valence-electron chi connectivity index (χ4n) is 3.02. The number of nitrogens with one attached hydrogen (secondary N) is 1. The highest BCUT2D eigenvalue weighted by Crippen LogP contribution is 2.32. The Bertz CT molecular complexity index is 479. The molecule has 0 radical (unpaired) electrons. The van der Waals surface area contributed by atoms with Crippen LogP contribution in [0.3, 0.4) is 0 Å². The summed E-state index contributed by atoms with van der Waals surface area (Å²) in [5.74, 6) is 1.91. The Labute approximate surface area is 118 Å². The van der Waals surface area contributed by atoms with Gasteiger partial charge < -0.3 is 14.7 Å². The van der Waals surface area contributed by atoms with Crippen LogP contribution in [0.4, 0.5) is 0 Å². The molecular weight excluding hydrogens is 256 g/mol. The molecule has 2 saturated heterocycles. The van der Waals surface area contributed by atoms with Gasteiger partial charge in [0.15, 0.2) is 5.82 Å². The summed E-state index contributed by atoms with van der Waals surface area (Å²) in [6.07, 6.45) is 2.89. The third kappa shape index (κ3) is 2.44. The van der Waals surface area contributed by atoms with E-state index in [4.69, 9.17) is 4.52 Å². The molecule has 1 aromatic rings. The minimum Gasteiger partial charge on any atom is -0.339 e. The smallest absolute Gasteiger partial charge is 0.229 e. The van der Waals surface area contributed by atoms with Gasteiger partial charge in [0.05, 0.1) is 12.0 Å². The molecule has 2 atom stereocenters. The lowest BCUT2D eigenvalue weighted by Crippen LogP contribution is -2.37. The van der Waals surface area contributed by atoms with Crippen LogP contribution in [0.15, 0.2) is 4.52 Å². The van der Waals surface area contributed by atoms with E-state index < -0.39 is 0 Å². The molecule has 0 aromatic carbocycles. The lowest BCUT2D eigenvalue weighted by atomic mass is 10.1. The van der Waals surface area contributed by atoms with E-state index in [-0.39, 0.29) is 23.8 Å². The van der Waals surface area contributed by atoms with Gasteiger partial charge in [-0.2, -0.15) is 4.98 Å². The first kappa shape index (κ1) is 13.5. The van der Waals surface area contributed by atoms with Gasteiger partial charge in [0.25, 0.3) is 0 Å². The average Bonchev–Trinajstić information content (AvgIpc) is 3.17. The fraction of sp³-hybridized carbons (Fsp3) is 0.786. The van der Waals surface area contributed by atoms with Crippen molar-refractivity contribution in [3.63, 3.8) is 0 Å². The Hall–Kier alpha value is -1.43. The predicted molar refractivity (Wildman–Crippen MR) is 73.1 cm³/mol. The quantitative estimate of drug-likeness (QED) is 0.906. The highest BCUT2D eigenvalue weighted by atomic mass is 16.5. The minimum atomic E-state index is -0.000602. The summed E-state index contributed by atoms with van der Waals surface area (Å²) >= 11 is 0. The van der Waals surface area contributed by atoms with E-state index in [1.54, 1.807) is 0 Å². The van der Waals surface area contributed by atoms with Gasteiger partial charge in [0, 0.05) is 19.0 Å². The Morgan fingerprint density at radius 1 is 1.45 bits per heavy atom. The van der Waals surface area contributed by atoms with Gasteiger partial charge in [-0.3, -0.25) is 4.79 Å². The van der Waals surface area contributed by atoms with Crippen LogP contribution in [-0.2, 0) is 4.79 Å². The van der Waals surface area contributed by atoms with Gasteiger partial charge in [-0.15, -0.1) is 0 Å². The van der Waals surface area contributed by atoms with Crippen molar-refractivity contribution in [3.05, 3.63) is 11.7 Å². The third-order valence-electron chi connectivity index (χ3n) is 4.19. The number of aromatic nitrogens is 2. The number of carbonyl (C=O) groups is 1. The van der Waals surface area contributed by atoms with Gasteiger partial charge in [0.2, 0.25) is 11.8 Å². The van der Waals surface area contributed by atoms with Crippen molar-refractivity contribution < 1.29 is 9.32 Å². The van der Waals surface area contributed by atoms with Crippen LogP contribution in [0.2, 0.25) is 0 Å². The van der Waals surface area contributed by atoms with Gasteiger partial charge >= 0.3 is 0 Å². The number of rotatable bonds is 3. The first-order chi connectivity index (χ1) is 9.66. The third-order valence-corrected chi connectivity index (χ3v) is 4.19. The van der Waals surface area contributed by atoms with Crippen LogP contribution in [0.5, 0.6) is 0 Å². The first-order valence-corrected chi connectivity index (χ1v) is 7.51. The zero-order chi connectivity index (χ0) is 14.1. The number of carbonyl (C=O) groups excluding carboxylic acids is 1. The summed E-state index contributed by atoms with van der Waals surface area (Å²) in [5.41, 5.74) is 0. The van der Waals surface area contributed by atoms with Gasteiger partial charge in [-0.1, -0.05) is 19.0 Å². The van der Waals surface area contributed by atoms with E-state index in [2.05, 4.69) is 15.5 Å². The predicted octanol–water partition coefficient (Wildman–Crippen LogP) is 1.47. The first-order valence-electron chi connectivity index (χ1n) is 7.51. The number of amides is 1. The summed E-state index contributed by atoms with van der Waals surface area (Å²) in [4.78, 5) is 19.0. The van der Waals surface area contributed by atoms with Gasteiger partial charge in [-0.25, -0.2) is 0 Å². The number of nitrogens with zero attached hydrogens (tertiary/aromatic N) is 3. The Morgan fingerprint density at radius 3 is 2.95 bits per heavy atom. The molecule has 0 saturated carbocycles. The van der Waals surface area contributed by atoms with Crippen molar-refractivity contribution in [2.45, 2.75) is 45.1 Å². The molecule has 0 aliphatic carbocycles. The molecule has 3 heterocycles. The van der Waals surface area contributed by atoms with Crippen molar-refractivity contribution in [2.24, 2.45) is 5.92 Å². The molecule has 110 valence electrons. The molecule has 1 amide bonds. The molecule has 1 aromatic heterocycles. The van der Waals surface area contributed by atoms with E-state index >= 15 is 0 Å². The fourth-order valence-corrected chi connectivity index (χ4v) is 3.02. The van der Waals surface area contributed by atoms with Crippen LogP contribution in [0.25, 0.3) is 0 Å². The van der Waals surface area contributed by atoms with E-state index in [0.29, 0.717) is 11.7 Å². The van der Waals surface area contributed by atoms with Crippen molar-refractivity contribution >= 4 is 5.91 Å². The van der Waals surface area contributed by atoms with Crippen molar-refractivity contribution in [1.29, 1.82) is 0 Å².